The van der Waals surface area contributed by atoms with E-state index in [9.17, 15) is 4.79 Å². The summed E-state index contributed by atoms with van der Waals surface area (Å²) in [6.45, 7) is 2.37. The lowest BCUT2D eigenvalue weighted by Gasteiger charge is -2.14. The number of ether oxygens (including phenoxy) is 1. The van der Waals surface area contributed by atoms with Crippen LogP contribution in [0.25, 0.3) is 21.5 Å². The number of amides is 1. The zero-order chi connectivity index (χ0) is 17.1. The van der Waals surface area contributed by atoms with E-state index in [0.717, 1.165) is 21.5 Å². The molecule has 0 aliphatic carbocycles. The Balaban J connectivity index is 2.06. The molecule has 1 aromatic carbocycles. The predicted molar refractivity (Wildman–Crippen MR) is 98.9 cm³/mol. The van der Waals surface area contributed by atoms with E-state index in [1.54, 1.807) is 7.11 Å². The van der Waals surface area contributed by atoms with Gasteiger partial charge in [0.15, 0.2) is 0 Å². The number of nitrogens with one attached hydrogen (secondary N) is 1. The molecule has 3 rings (SSSR count). The van der Waals surface area contributed by atoms with Gasteiger partial charge in [0.25, 0.3) is 5.91 Å². The largest absolute Gasteiger partial charge is 0.383 e. The molecule has 6 heteroatoms. The molecule has 0 saturated carbocycles. The number of aromatic nitrogens is 1. The lowest BCUT2D eigenvalue weighted by atomic mass is 10.1. The Morgan fingerprint density at radius 1 is 1.33 bits per heavy atom. The van der Waals surface area contributed by atoms with Crippen molar-refractivity contribution in [1.82, 2.24) is 10.3 Å². The maximum absolute atomic E-state index is 12.7. The van der Waals surface area contributed by atoms with Gasteiger partial charge in [0.2, 0.25) is 0 Å². The highest BCUT2D eigenvalue weighted by Gasteiger charge is 2.16. The molecule has 24 heavy (non-hydrogen) atoms. The summed E-state index contributed by atoms with van der Waals surface area (Å²) in [6.07, 6.45) is 0. The average Bonchev–Trinajstić information content (AvgIpc) is 3.00. The van der Waals surface area contributed by atoms with Crippen LogP contribution < -0.4 is 5.32 Å². The average molecular weight is 361 g/mol. The minimum atomic E-state index is -0.137. The van der Waals surface area contributed by atoms with Gasteiger partial charge in [0.1, 0.15) is 0 Å². The molecular formula is C18H17ClN2O2S. The molecule has 1 unspecified atom stereocenters. The van der Waals surface area contributed by atoms with Gasteiger partial charge in [-0.15, -0.1) is 11.3 Å². The molecule has 0 bridgehead atoms. The number of carbonyl (C=O) groups excluding carboxylic acids is 1. The minimum absolute atomic E-state index is 0.0749. The maximum Gasteiger partial charge on any atom is 0.252 e. The van der Waals surface area contributed by atoms with Crippen LogP contribution in [-0.2, 0) is 4.74 Å². The fourth-order valence-corrected chi connectivity index (χ4v) is 3.54. The van der Waals surface area contributed by atoms with E-state index in [1.165, 1.54) is 11.3 Å². The number of fused-ring (bicyclic) bond motifs is 1. The highest BCUT2D eigenvalue weighted by Crippen LogP contribution is 2.32. The number of rotatable bonds is 5. The number of para-hydroxylation sites is 1. The highest BCUT2D eigenvalue weighted by atomic mass is 35.5. The van der Waals surface area contributed by atoms with Crippen LogP contribution in [0.1, 0.15) is 17.3 Å². The third-order valence-electron chi connectivity index (χ3n) is 3.58. The van der Waals surface area contributed by atoms with Crippen LogP contribution in [-0.4, -0.2) is 30.6 Å². The van der Waals surface area contributed by atoms with Gasteiger partial charge in [-0.3, -0.25) is 4.79 Å². The summed E-state index contributed by atoms with van der Waals surface area (Å²) in [7, 11) is 1.61. The van der Waals surface area contributed by atoms with Crippen molar-refractivity contribution in [2.75, 3.05) is 13.7 Å². The Morgan fingerprint density at radius 2 is 2.12 bits per heavy atom. The fourth-order valence-electron chi connectivity index (χ4n) is 2.53. The molecule has 2 aromatic heterocycles. The molecular weight excluding hydrogens is 344 g/mol. The number of carbonyl (C=O) groups is 1. The molecule has 0 fully saturated rings. The van der Waals surface area contributed by atoms with E-state index in [2.05, 4.69) is 10.3 Å². The maximum atomic E-state index is 12.7. The van der Waals surface area contributed by atoms with E-state index in [1.807, 2.05) is 49.4 Å². The molecule has 124 valence electrons. The molecule has 4 nitrogen and oxygen atoms in total. The third kappa shape index (κ3) is 3.59. The first-order valence-electron chi connectivity index (χ1n) is 7.54. The van der Waals surface area contributed by atoms with Crippen molar-refractivity contribution in [2.24, 2.45) is 0 Å². The highest BCUT2D eigenvalue weighted by molar-refractivity contribution is 7.19. The zero-order valence-corrected chi connectivity index (χ0v) is 14.9. The summed E-state index contributed by atoms with van der Waals surface area (Å²) >= 11 is 7.48. The zero-order valence-electron chi connectivity index (χ0n) is 13.4. The number of hydrogen-bond donors (Lipinski definition) is 1. The van der Waals surface area contributed by atoms with Crippen molar-refractivity contribution < 1.29 is 9.53 Å². The van der Waals surface area contributed by atoms with Crippen LogP contribution in [0.5, 0.6) is 0 Å². The number of benzene rings is 1. The van der Waals surface area contributed by atoms with Gasteiger partial charge >= 0.3 is 0 Å². The smallest absolute Gasteiger partial charge is 0.252 e. The third-order valence-corrected chi connectivity index (χ3v) is 4.83. The van der Waals surface area contributed by atoms with Gasteiger partial charge < -0.3 is 10.1 Å². The van der Waals surface area contributed by atoms with Crippen molar-refractivity contribution in [3.8, 4) is 10.6 Å². The van der Waals surface area contributed by atoms with Crippen LogP contribution in [0.2, 0.25) is 4.34 Å². The van der Waals surface area contributed by atoms with Gasteiger partial charge in [-0.1, -0.05) is 29.8 Å². The molecule has 0 aliphatic rings. The van der Waals surface area contributed by atoms with Gasteiger partial charge in [0, 0.05) is 18.5 Å². The Morgan fingerprint density at radius 3 is 2.83 bits per heavy atom. The number of nitrogens with zero attached hydrogens (tertiary/aromatic N) is 1. The lowest BCUT2D eigenvalue weighted by Crippen LogP contribution is -2.35. The van der Waals surface area contributed by atoms with E-state index in [4.69, 9.17) is 16.3 Å². The van der Waals surface area contributed by atoms with E-state index in [0.29, 0.717) is 16.5 Å². The Bertz CT molecular complexity index is 878. The fraction of sp³-hybridized carbons (Fsp3) is 0.222. The summed E-state index contributed by atoms with van der Waals surface area (Å²) in [5, 5.41) is 3.78. The SMILES string of the molecule is COCC(C)NC(=O)c1cc(-c2ccc(Cl)s2)nc2ccccc12. The lowest BCUT2D eigenvalue weighted by molar-refractivity contribution is 0.0907. The van der Waals surface area contributed by atoms with Crippen LogP contribution >= 0.6 is 22.9 Å². The predicted octanol–water partition coefficient (Wildman–Crippen LogP) is 4.38. The second-order valence-corrected chi connectivity index (χ2v) is 7.22. The summed E-state index contributed by atoms with van der Waals surface area (Å²) in [4.78, 5) is 18.3. The molecule has 1 atom stereocenters. The monoisotopic (exact) mass is 360 g/mol. The molecule has 1 amide bonds. The Kier molecular flexibility index (Phi) is 5.14. The first kappa shape index (κ1) is 16.9. The number of thiophene rings is 1. The first-order chi connectivity index (χ1) is 11.6. The second-order valence-electron chi connectivity index (χ2n) is 5.51. The summed E-state index contributed by atoms with van der Waals surface area (Å²) in [5.41, 5.74) is 2.13. The summed E-state index contributed by atoms with van der Waals surface area (Å²) in [5.74, 6) is -0.137. The van der Waals surface area contributed by atoms with E-state index in [-0.39, 0.29) is 11.9 Å². The number of halogens is 1. The Hall–Kier alpha value is -1.95. The van der Waals surface area contributed by atoms with Crippen LogP contribution in [0, 0.1) is 0 Å². The van der Waals surface area contributed by atoms with Crippen LogP contribution in [0.4, 0.5) is 0 Å². The molecule has 0 saturated heterocycles. The van der Waals surface area contributed by atoms with Crippen LogP contribution in [0.15, 0.2) is 42.5 Å². The van der Waals surface area contributed by atoms with Crippen molar-refractivity contribution in [1.29, 1.82) is 0 Å². The van der Waals surface area contributed by atoms with Crippen molar-refractivity contribution in [3.63, 3.8) is 0 Å². The normalized spacial score (nSPS) is 12.3. The molecule has 0 aliphatic heterocycles. The summed E-state index contributed by atoms with van der Waals surface area (Å²) < 4.78 is 5.78. The van der Waals surface area contributed by atoms with Crippen molar-refractivity contribution >= 4 is 39.7 Å². The molecule has 0 radical (unpaired) electrons. The number of methoxy groups -OCH3 is 1. The van der Waals surface area contributed by atoms with E-state index >= 15 is 0 Å². The number of hydrogen-bond acceptors (Lipinski definition) is 4. The topological polar surface area (TPSA) is 51.2 Å². The van der Waals surface area contributed by atoms with Gasteiger partial charge in [-0.05, 0) is 31.2 Å². The molecule has 2 heterocycles. The summed E-state index contributed by atoms with van der Waals surface area (Å²) in [6, 6.07) is 13.1. The molecule has 0 spiro atoms. The van der Waals surface area contributed by atoms with Crippen LogP contribution in [0.3, 0.4) is 0 Å². The Labute approximate surface area is 149 Å². The molecule has 1 N–H and O–H groups in total. The minimum Gasteiger partial charge on any atom is -0.383 e. The molecule has 3 aromatic rings. The van der Waals surface area contributed by atoms with Gasteiger partial charge in [-0.2, -0.15) is 0 Å². The standard InChI is InChI=1S/C18H17ClN2O2S/c1-11(10-23-2)20-18(22)13-9-15(16-7-8-17(19)24-16)21-14-6-4-3-5-12(13)14/h3-9,11H,10H2,1-2H3,(H,20,22). The first-order valence-corrected chi connectivity index (χ1v) is 8.73. The van der Waals surface area contributed by atoms with Crippen molar-refractivity contribution in [2.45, 2.75) is 13.0 Å². The van der Waals surface area contributed by atoms with Gasteiger partial charge in [-0.25, -0.2) is 4.98 Å². The quantitative estimate of drug-likeness (QED) is 0.734. The second kappa shape index (κ2) is 7.30. The number of pyridine rings is 1. The van der Waals surface area contributed by atoms with Crippen molar-refractivity contribution in [3.05, 3.63) is 52.4 Å². The van der Waals surface area contributed by atoms with E-state index < -0.39 is 0 Å². The van der Waals surface area contributed by atoms with Gasteiger partial charge in [0.05, 0.1) is 32.6 Å².